The molecule has 0 spiro atoms. The van der Waals surface area contributed by atoms with Crippen molar-refractivity contribution in [2.75, 3.05) is 38.3 Å². The molecule has 0 bridgehead atoms. The summed E-state index contributed by atoms with van der Waals surface area (Å²) in [5.74, 6) is -0.718. The van der Waals surface area contributed by atoms with Crippen molar-refractivity contribution in [1.29, 1.82) is 0 Å². The lowest BCUT2D eigenvalue weighted by Crippen LogP contribution is -2.32. The van der Waals surface area contributed by atoms with E-state index in [0.717, 1.165) is 21.9 Å². The monoisotopic (exact) mass is 559 g/mol. The third-order valence-corrected chi connectivity index (χ3v) is 6.07. The number of carbonyl (C=O) groups is 2. The van der Waals surface area contributed by atoms with Gasteiger partial charge in [-0.25, -0.2) is 0 Å². The fourth-order valence-electron chi connectivity index (χ4n) is 3.40. The van der Waals surface area contributed by atoms with Crippen LogP contribution in [0.2, 0.25) is 0 Å². The van der Waals surface area contributed by atoms with Gasteiger partial charge in [-0.2, -0.15) is 4.98 Å². The zero-order chi connectivity index (χ0) is 27.7. The minimum absolute atomic E-state index is 0.0470. The van der Waals surface area contributed by atoms with Crippen molar-refractivity contribution in [3.05, 3.63) is 41.1 Å². The Hall–Kier alpha value is -3.59. The Bertz CT molecular complexity index is 1140. The second-order valence-electron chi connectivity index (χ2n) is 7.97. The van der Waals surface area contributed by atoms with Crippen LogP contribution in [0.15, 0.2) is 35.4 Å². The highest BCUT2D eigenvalue weighted by Crippen LogP contribution is 2.31. The molecule has 0 saturated heterocycles. The molecule has 1 atom stereocenters. The molecule has 3 N–H and O–H groups in total. The number of aliphatic hydroxyl groups is 1. The number of hydrogen-bond donors (Lipinski definition) is 3. The van der Waals surface area contributed by atoms with E-state index in [1.807, 2.05) is 13.1 Å². The number of alkyl halides is 3. The van der Waals surface area contributed by atoms with Gasteiger partial charge in [-0.1, -0.05) is 6.07 Å². The predicted octanol–water partition coefficient (Wildman–Crippen LogP) is 2.47. The van der Waals surface area contributed by atoms with Crippen LogP contribution in [-0.2, 0) is 11.3 Å². The number of ether oxygens (including phenoxy) is 3. The summed E-state index contributed by atoms with van der Waals surface area (Å²) >= 11 is 1.55. The van der Waals surface area contributed by atoms with E-state index in [9.17, 15) is 22.8 Å². The summed E-state index contributed by atoms with van der Waals surface area (Å²) in [6.07, 6.45) is -2.13. The quantitative estimate of drug-likeness (QED) is 0.236. The van der Waals surface area contributed by atoms with E-state index in [2.05, 4.69) is 20.4 Å². The zero-order valence-corrected chi connectivity index (χ0v) is 21.5. The first-order valence-corrected chi connectivity index (χ1v) is 12.4. The van der Waals surface area contributed by atoms with Crippen molar-refractivity contribution in [2.45, 2.75) is 31.6 Å². The van der Waals surface area contributed by atoms with Crippen molar-refractivity contribution in [3.63, 3.8) is 0 Å². The van der Waals surface area contributed by atoms with Gasteiger partial charge < -0.3 is 34.9 Å². The SMILES string of the molecule is CC1=CNC(Cn2c(OCCOc3cccc(OC(F)(F)F)c3)nc(N(C)C=O)c2C(=O)NCCCO)S1. The lowest BCUT2D eigenvalue weighted by atomic mass is 10.3. The molecule has 2 amide bonds. The normalized spacial score (nSPS) is 14.9. The molecule has 2 heterocycles. The molecule has 208 valence electrons. The maximum absolute atomic E-state index is 13.1. The van der Waals surface area contributed by atoms with E-state index in [-0.39, 0.29) is 61.6 Å². The van der Waals surface area contributed by atoms with Gasteiger partial charge in [0.25, 0.3) is 11.9 Å². The van der Waals surface area contributed by atoms with Gasteiger partial charge in [0.05, 0.1) is 11.9 Å². The van der Waals surface area contributed by atoms with E-state index in [4.69, 9.17) is 14.6 Å². The number of aliphatic hydroxyl groups excluding tert-OH is 1. The molecular formula is C23H28F3N5O6S. The first-order chi connectivity index (χ1) is 18.1. The van der Waals surface area contributed by atoms with Crippen LogP contribution in [-0.4, -0.2) is 72.1 Å². The first-order valence-electron chi connectivity index (χ1n) is 11.5. The Morgan fingerprint density at radius 3 is 2.71 bits per heavy atom. The van der Waals surface area contributed by atoms with E-state index in [1.54, 1.807) is 16.3 Å². The molecule has 0 radical (unpaired) electrons. The Kier molecular flexibility index (Phi) is 10.1. The van der Waals surface area contributed by atoms with Crippen molar-refractivity contribution in [2.24, 2.45) is 0 Å². The molecule has 1 aromatic carbocycles. The molecule has 0 fully saturated rings. The number of aromatic nitrogens is 2. The van der Waals surface area contributed by atoms with E-state index in [1.165, 1.54) is 19.2 Å². The molecule has 1 aromatic heterocycles. The number of carbonyl (C=O) groups excluding carboxylic acids is 2. The van der Waals surface area contributed by atoms with Crippen molar-refractivity contribution in [3.8, 4) is 17.5 Å². The van der Waals surface area contributed by atoms with Crippen LogP contribution in [0.25, 0.3) is 0 Å². The fraction of sp³-hybridized carbons (Fsp3) is 0.435. The summed E-state index contributed by atoms with van der Waals surface area (Å²) in [6.45, 7) is 2.17. The van der Waals surface area contributed by atoms with E-state index in [0.29, 0.717) is 12.8 Å². The van der Waals surface area contributed by atoms with E-state index < -0.39 is 18.0 Å². The fourth-order valence-corrected chi connectivity index (χ4v) is 4.34. The summed E-state index contributed by atoms with van der Waals surface area (Å²) in [5.41, 5.74) is 0.0948. The lowest BCUT2D eigenvalue weighted by Gasteiger charge is -2.17. The maximum Gasteiger partial charge on any atom is 0.573 e. The van der Waals surface area contributed by atoms with Crippen molar-refractivity contribution < 1.29 is 42.1 Å². The Balaban J connectivity index is 1.77. The number of allylic oxidation sites excluding steroid dienone is 1. The maximum atomic E-state index is 13.1. The number of nitrogens with zero attached hydrogens (tertiary/aromatic N) is 3. The second-order valence-corrected chi connectivity index (χ2v) is 9.42. The topological polar surface area (TPSA) is 127 Å². The Morgan fingerprint density at radius 1 is 1.32 bits per heavy atom. The van der Waals surface area contributed by atoms with Crippen LogP contribution in [0, 0.1) is 0 Å². The number of benzene rings is 1. The zero-order valence-electron chi connectivity index (χ0n) is 20.7. The minimum Gasteiger partial charge on any atom is -0.490 e. The van der Waals surface area contributed by atoms with Gasteiger partial charge in [0.2, 0.25) is 6.41 Å². The Labute approximate surface area is 220 Å². The number of thioether (sulfide) groups is 1. The van der Waals surface area contributed by atoms with Crippen LogP contribution in [0.5, 0.6) is 17.5 Å². The third-order valence-electron chi connectivity index (χ3n) is 5.01. The number of hydrogen-bond acceptors (Lipinski definition) is 9. The molecule has 15 heteroatoms. The highest BCUT2D eigenvalue weighted by Gasteiger charge is 2.31. The molecule has 1 aliphatic heterocycles. The van der Waals surface area contributed by atoms with Gasteiger partial charge >= 0.3 is 6.36 Å². The second kappa shape index (κ2) is 13.3. The molecule has 11 nitrogen and oxygen atoms in total. The summed E-state index contributed by atoms with van der Waals surface area (Å²) in [4.78, 5) is 31.1. The van der Waals surface area contributed by atoms with Crippen molar-refractivity contribution in [1.82, 2.24) is 20.2 Å². The van der Waals surface area contributed by atoms with Gasteiger partial charge in [-0.3, -0.25) is 14.2 Å². The highest BCUT2D eigenvalue weighted by molar-refractivity contribution is 8.03. The number of anilines is 1. The van der Waals surface area contributed by atoms with Crippen LogP contribution in [0.3, 0.4) is 0 Å². The lowest BCUT2D eigenvalue weighted by molar-refractivity contribution is -0.274. The third kappa shape index (κ3) is 8.21. The summed E-state index contributed by atoms with van der Waals surface area (Å²) in [5, 5.41) is 14.8. The molecule has 3 rings (SSSR count). The first kappa shape index (κ1) is 29.0. The number of imidazole rings is 1. The Morgan fingerprint density at radius 2 is 2.05 bits per heavy atom. The number of amides is 2. The van der Waals surface area contributed by atoms with Crippen LogP contribution in [0.4, 0.5) is 19.0 Å². The molecule has 38 heavy (non-hydrogen) atoms. The molecular weight excluding hydrogens is 531 g/mol. The summed E-state index contributed by atoms with van der Waals surface area (Å²) in [7, 11) is 1.45. The van der Waals surface area contributed by atoms with Gasteiger partial charge in [0, 0.05) is 32.5 Å². The molecule has 2 aromatic rings. The van der Waals surface area contributed by atoms with Crippen LogP contribution < -0.4 is 29.7 Å². The smallest absolute Gasteiger partial charge is 0.490 e. The molecule has 1 unspecified atom stereocenters. The number of halogens is 3. The van der Waals surface area contributed by atoms with Crippen LogP contribution >= 0.6 is 11.8 Å². The average Bonchev–Trinajstić information content (AvgIpc) is 3.44. The molecule has 0 saturated carbocycles. The van der Waals surface area contributed by atoms with Crippen molar-refractivity contribution >= 4 is 29.9 Å². The predicted molar refractivity (Wildman–Crippen MR) is 133 cm³/mol. The average molecular weight is 560 g/mol. The summed E-state index contributed by atoms with van der Waals surface area (Å²) in [6, 6.07) is 5.12. The van der Waals surface area contributed by atoms with Gasteiger partial charge in [0.15, 0.2) is 11.5 Å². The van der Waals surface area contributed by atoms with Gasteiger partial charge in [-0.05, 0) is 30.4 Å². The van der Waals surface area contributed by atoms with Gasteiger partial charge in [0.1, 0.15) is 24.7 Å². The molecule has 1 aliphatic rings. The van der Waals surface area contributed by atoms with Gasteiger partial charge in [-0.15, -0.1) is 24.9 Å². The standard InChI is InChI=1S/C23H28F3N5O6S/c1-15-12-28-18(38-15)13-31-19(21(34)27-7-4-8-32)20(30(2)14-33)29-22(31)36-10-9-35-16-5-3-6-17(11-16)37-23(24,25)26/h3,5-6,11-12,14,18,28,32H,4,7-10,13H2,1-2H3,(H,27,34). The van der Waals surface area contributed by atoms with E-state index >= 15 is 0 Å². The summed E-state index contributed by atoms with van der Waals surface area (Å²) < 4.78 is 54.1. The highest BCUT2D eigenvalue weighted by atomic mass is 32.2. The minimum atomic E-state index is -4.83. The largest absolute Gasteiger partial charge is 0.573 e. The van der Waals surface area contributed by atoms with Crippen LogP contribution in [0.1, 0.15) is 23.8 Å². The molecule has 0 aliphatic carbocycles. The number of nitrogens with one attached hydrogen (secondary N) is 2. The number of rotatable bonds is 14.